The molecule has 1 saturated heterocycles. The summed E-state index contributed by atoms with van der Waals surface area (Å²) in [6.07, 6.45) is 1.32. The number of carbonyl (C=O) groups excluding carboxylic acids is 3. The topological polar surface area (TPSA) is 75.7 Å². The maximum atomic E-state index is 12.2. The van der Waals surface area contributed by atoms with E-state index in [4.69, 9.17) is 16.3 Å². The zero-order valence-corrected chi connectivity index (χ0v) is 15.4. The van der Waals surface area contributed by atoms with E-state index in [-0.39, 0.29) is 12.5 Å². The van der Waals surface area contributed by atoms with Gasteiger partial charge in [-0.1, -0.05) is 29.8 Å². The SMILES string of the molecule is O=C(COC(=O)c1cccc(N2CCCC2=O)c1)NCc1ccc(Cl)cc1. The molecule has 1 aliphatic heterocycles. The summed E-state index contributed by atoms with van der Waals surface area (Å²) in [5, 5.41) is 3.30. The molecule has 0 aromatic heterocycles. The third-order valence-electron chi connectivity index (χ3n) is 4.20. The average molecular weight is 387 g/mol. The van der Waals surface area contributed by atoms with Crippen LogP contribution in [0.1, 0.15) is 28.8 Å². The van der Waals surface area contributed by atoms with Crippen molar-refractivity contribution in [2.45, 2.75) is 19.4 Å². The summed E-state index contributed by atoms with van der Waals surface area (Å²) < 4.78 is 5.07. The lowest BCUT2D eigenvalue weighted by Crippen LogP contribution is -2.28. The van der Waals surface area contributed by atoms with E-state index in [1.54, 1.807) is 53.4 Å². The van der Waals surface area contributed by atoms with Crippen molar-refractivity contribution in [3.8, 4) is 0 Å². The van der Waals surface area contributed by atoms with Crippen molar-refractivity contribution in [1.29, 1.82) is 0 Å². The molecule has 1 aliphatic rings. The van der Waals surface area contributed by atoms with Crippen LogP contribution in [0, 0.1) is 0 Å². The van der Waals surface area contributed by atoms with E-state index in [1.807, 2.05) is 0 Å². The second kappa shape index (κ2) is 8.68. The molecule has 0 spiro atoms. The minimum atomic E-state index is -0.606. The molecule has 0 radical (unpaired) electrons. The van der Waals surface area contributed by atoms with Crippen LogP contribution < -0.4 is 10.2 Å². The summed E-state index contributed by atoms with van der Waals surface area (Å²) in [7, 11) is 0. The number of carbonyl (C=O) groups is 3. The molecule has 6 nitrogen and oxygen atoms in total. The number of nitrogens with one attached hydrogen (secondary N) is 1. The largest absolute Gasteiger partial charge is 0.452 e. The molecule has 7 heteroatoms. The van der Waals surface area contributed by atoms with Crippen LogP contribution in [0.3, 0.4) is 0 Å². The first-order valence-electron chi connectivity index (χ1n) is 8.61. The first-order chi connectivity index (χ1) is 13.0. The Hall–Kier alpha value is -2.86. The standard InChI is InChI=1S/C20H19ClN2O4/c21-16-8-6-14(7-9-16)12-22-18(24)13-27-20(26)15-3-1-4-17(11-15)23-10-2-5-19(23)25/h1,3-4,6-9,11H,2,5,10,12-13H2,(H,22,24). The molecule has 0 aliphatic carbocycles. The van der Waals surface area contributed by atoms with E-state index >= 15 is 0 Å². The molecule has 3 rings (SSSR count). The molecule has 2 aromatic carbocycles. The van der Waals surface area contributed by atoms with Gasteiger partial charge < -0.3 is 15.0 Å². The molecular weight excluding hydrogens is 368 g/mol. The Morgan fingerprint density at radius 2 is 1.93 bits per heavy atom. The maximum absolute atomic E-state index is 12.2. The lowest BCUT2D eigenvalue weighted by atomic mass is 10.2. The smallest absolute Gasteiger partial charge is 0.338 e. The van der Waals surface area contributed by atoms with Gasteiger partial charge in [-0.15, -0.1) is 0 Å². The summed E-state index contributed by atoms with van der Waals surface area (Å²) in [6.45, 7) is 0.587. The fraction of sp³-hybridized carbons (Fsp3) is 0.250. The van der Waals surface area contributed by atoms with Crippen LogP contribution in [-0.4, -0.2) is 30.9 Å². The third kappa shape index (κ3) is 5.08. The molecule has 1 heterocycles. The minimum absolute atomic E-state index is 0.0436. The van der Waals surface area contributed by atoms with Gasteiger partial charge in [-0.25, -0.2) is 4.79 Å². The van der Waals surface area contributed by atoms with Gasteiger partial charge in [-0.05, 0) is 42.3 Å². The summed E-state index contributed by atoms with van der Waals surface area (Å²) in [5.74, 6) is -0.962. The maximum Gasteiger partial charge on any atom is 0.338 e. The highest BCUT2D eigenvalue weighted by molar-refractivity contribution is 6.30. The number of hydrogen-bond donors (Lipinski definition) is 1. The van der Waals surface area contributed by atoms with Crippen LogP contribution in [0.25, 0.3) is 0 Å². The predicted octanol–water partition coefficient (Wildman–Crippen LogP) is 2.94. The second-order valence-corrected chi connectivity index (χ2v) is 6.62. The van der Waals surface area contributed by atoms with Gasteiger partial charge in [0, 0.05) is 30.2 Å². The minimum Gasteiger partial charge on any atom is -0.452 e. The number of benzene rings is 2. The van der Waals surface area contributed by atoms with E-state index < -0.39 is 11.9 Å². The molecule has 27 heavy (non-hydrogen) atoms. The molecule has 0 unspecified atom stereocenters. The Morgan fingerprint density at radius 3 is 2.63 bits per heavy atom. The van der Waals surface area contributed by atoms with Gasteiger partial charge in [-0.3, -0.25) is 9.59 Å². The molecule has 0 atom stereocenters. The molecule has 1 fully saturated rings. The highest BCUT2D eigenvalue weighted by Gasteiger charge is 2.22. The van der Waals surface area contributed by atoms with E-state index in [0.717, 1.165) is 12.0 Å². The zero-order valence-electron chi connectivity index (χ0n) is 14.6. The number of amides is 2. The predicted molar refractivity (Wildman–Crippen MR) is 102 cm³/mol. The fourth-order valence-corrected chi connectivity index (χ4v) is 2.92. The van der Waals surface area contributed by atoms with Gasteiger partial charge in [0.25, 0.3) is 5.91 Å². The van der Waals surface area contributed by atoms with Gasteiger partial charge in [0.05, 0.1) is 5.56 Å². The van der Waals surface area contributed by atoms with E-state index in [1.165, 1.54) is 0 Å². The summed E-state index contributed by atoms with van der Waals surface area (Å²) in [4.78, 5) is 37.5. The zero-order chi connectivity index (χ0) is 19.2. The number of hydrogen-bond acceptors (Lipinski definition) is 4. The van der Waals surface area contributed by atoms with Crippen LogP contribution in [0.5, 0.6) is 0 Å². The summed E-state index contributed by atoms with van der Waals surface area (Å²) >= 11 is 5.81. The monoisotopic (exact) mass is 386 g/mol. The van der Waals surface area contributed by atoms with Gasteiger partial charge in [0.2, 0.25) is 5.91 Å². The van der Waals surface area contributed by atoms with Crippen molar-refractivity contribution < 1.29 is 19.1 Å². The third-order valence-corrected chi connectivity index (χ3v) is 4.46. The molecule has 0 saturated carbocycles. The quantitative estimate of drug-likeness (QED) is 0.774. The number of halogens is 1. The van der Waals surface area contributed by atoms with Crippen molar-refractivity contribution in [3.63, 3.8) is 0 Å². The van der Waals surface area contributed by atoms with Crippen molar-refractivity contribution in [2.75, 3.05) is 18.1 Å². The average Bonchev–Trinajstić information content (AvgIpc) is 3.11. The highest BCUT2D eigenvalue weighted by atomic mass is 35.5. The summed E-state index contributed by atoms with van der Waals surface area (Å²) in [5.41, 5.74) is 1.86. The molecule has 0 bridgehead atoms. The fourth-order valence-electron chi connectivity index (χ4n) is 2.79. The number of nitrogens with zero attached hydrogens (tertiary/aromatic N) is 1. The molecule has 2 amide bonds. The van der Waals surface area contributed by atoms with E-state index in [0.29, 0.717) is 35.8 Å². The Bertz CT molecular complexity index is 851. The highest BCUT2D eigenvalue weighted by Crippen LogP contribution is 2.22. The Labute approximate surface area is 162 Å². The first-order valence-corrected chi connectivity index (χ1v) is 8.99. The van der Waals surface area contributed by atoms with E-state index in [2.05, 4.69) is 5.32 Å². The van der Waals surface area contributed by atoms with Crippen molar-refractivity contribution in [2.24, 2.45) is 0 Å². The lowest BCUT2D eigenvalue weighted by molar-refractivity contribution is -0.124. The van der Waals surface area contributed by atoms with Crippen molar-refractivity contribution in [1.82, 2.24) is 5.32 Å². The van der Waals surface area contributed by atoms with Gasteiger partial charge in [-0.2, -0.15) is 0 Å². The van der Waals surface area contributed by atoms with Gasteiger partial charge in [0.15, 0.2) is 6.61 Å². The Kier molecular flexibility index (Phi) is 6.08. The van der Waals surface area contributed by atoms with Crippen LogP contribution in [0.15, 0.2) is 48.5 Å². The normalized spacial score (nSPS) is 13.5. The van der Waals surface area contributed by atoms with E-state index in [9.17, 15) is 14.4 Å². The Morgan fingerprint density at radius 1 is 1.15 bits per heavy atom. The van der Waals surface area contributed by atoms with Crippen molar-refractivity contribution >= 4 is 35.1 Å². The molecular formula is C20H19ClN2O4. The lowest BCUT2D eigenvalue weighted by Gasteiger charge is -2.16. The van der Waals surface area contributed by atoms with Crippen LogP contribution in [0.4, 0.5) is 5.69 Å². The second-order valence-electron chi connectivity index (χ2n) is 6.18. The number of rotatable bonds is 6. The molecule has 1 N–H and O–H groups in total. The first kappa shape index (κ1) is 18.9. The van der Waals surface area contributed by atoms with Gasteiger partial charge in [0.1, 0.15) is 0 Å². The number of ether oxygens (including phenoxy) is 1. The number of anilines is 1. The summed E-state index contributed by atoms with van der Waals surface area (Å²) in [6, 6.07) is 13.8. The van der Waals surface area contributed by atoms with Crippen LogP contribution in [-0.2, 0) is 20.9 Å². The van der Waals surface area contributed by atoms with Crippen LogP contribution in [0.2, 0.25) is 5.02 Å². The van der Waals surface area contributed by atoms with Gasteiger partial charge >= 0.3 is 5.97 Å². The molecule has 2 aromatic rings. The molecule has 140 valence electrons. The van der Waals surface area contributed by atoms with Crippen molar-refractivity contribution in [3.05, 3.63) is 64.7 Å². The number of esters is 1. The van der Waals surface area contributed by atoms with Crippen LogP contribution >= 0.6 is 11.6 Å². The Balaban J connectivity index is 1.50.